The van der Waals surface area contributed by atoms with Gasteiger partial charge in [0.25, 0.3) is 5.91 Å². The first-order valence-electron chi connectivity index (χ1n) is 6.42. The van der Waals surface area contributed by atoms with E-state index in [1.165, 1.54) is 6.07 Å². The van der Waals surface area contributed by atoms with E-state index in [0.717, 1.165) is 18.6 Å². The van der Waals surface area contributed by atoms with Gasteiger partial charge in [0.1, 0.15) is 0 Å². The molecule has 0 saturated carbocycles. The third-order valence-electron chi connectivity index (χ3n) is 3.67. The Balaban J connectivity index is 0.00000220. The van der Waals surface area contributed by atoms with Gasteiger partial charge in [-0.2, -0.15) is 0 Å². The standard InChI is InChI=1S/C13H17N3O4.ClH/c1-8-4-9(6-14)7-15(8)13(18)10-2-3-11(16(19)20)12(17)5-10;/h2-3,5,8-9,17H,4,6-7,14H2,1H3;1H. The number of carbonyl (C=O) groups excluding carboxylic acids is 1. The van der Waals surface area contributed by atoms with Crippen molar-refractivity contribution in [3.05, 3.63) is 33.9 Å². The maximum Gasteiger partial charge on any atom is 0.310 e. The molecule has 1 fully saturated rings. The van der Waals surface area contributed by atoms with Crippen LogP contribution in [0.2, 0.25) is 0 Å². The summed E-state index contributed by atoms with van der Waals surface area (Å²) < 4.78 is 0. The third-order valence-corrected chi connectivity index (χ3v) is 3.67. The van der Waals surface area contributed by atoms with Gasteiger partial charge < -0.3 is 15.7 Å². The number of nitro groups is 1. The zero-order valence-electron chi connectivity index (χ0n) is 11.6. The molecule has 0 bridgehead atoms. The fraction of sp³-hybridized carbons (Fsp3) is 0.462. The summed E-state index contributed by atoms with van der Waals surface area (Å²) in [5.41, 5.74) is 5.46. The predicted octanol–water partition coefficient (Wildman–Crippen LogP) is 1.53. The first-order valence-corrected chi connectivity index (χ1v) is 6.42. The van der Waals surface area contributed by atoms with Gasteiger partial charge in [-0.25, -0.2) is 0 Å². The number of amides is 1. The monoisotopic (exact) mass is 315 g/mol. The van der Waals surface area contributed by atoms with E-state index in [4.69, 9.17) is 5.73 Å². The summed E-state index contributed by atoms with van der Waals surface area (Å²) in [6, 6.07) is 3.73. The van der Waals surface area contributed by atoms with Gasteiger partial charge in [-0.1, -0.05) is 0 Å². The Morgan fingerprint density at radius 3 is 2.71 bits per heavy atom. The third kappa shape index (κ3) is 3.43. The Hall–Kier alpha value is -1.86. The lowest BCUT2D eigenvalue weighted by Crippen LogP contribution is -2.34. The molecule has 0 spiro atoms. The molecule has 1 aromatic rings. The van der Waals surface area contributed by atoms with Crippen molar-refractivity contribution < 1.29 is 14.8 Å². The smallest absolute Gasteiger partial charge is 0.310 e. The summed E-state index contributed by atoms with van der Waals surface area (Å²) in [5.74, 6) is -0.456. The highest BCUT2D eigenvalue weighted by atomic mass is 35.5. The van der Waals surface area contributed by atoms with Crippen LogP contribution in [0.3, 0.4) is 0 Å². The highest BCUT2D eigenvalue weighted by Gasteiger charge is 2.32. The zero-order valence-corrected chi connectivity index (χ0v) is 12.4. The van der Waals surface area contributed by atoms with Crippen LogP contribution in [0, 0.1) is 16.0 Å². The van der Waals surface area contributed by atoms with Crippen molar-refractivity contribution in [3.63, 3.8) is 0 Å². The van der Waals surface area contributed by atoms with E-state index in [-0.39, 0.29) is 35.8 Å². The Labute approximate surface area is 128 Å². The van der Waals surface area contributed by atoms with Crippen LogP contribution in [-0.4, -0.2) is 40.0 Å². The van der Waals surface area contributed by atoms with Crippen molar-refractivity contribution in [2.45, 2.75) is 19.4 Å². The second kappa shape index (κ2) is 6.73. The quantitative estimate of drug-likeness (QED) is 0.649. The summed E-state index contributed by atoms with van der Waals surface area (Å²) in [5, 5.41) is 20.2. The number of phenols is 1. The molecular weight excluding hydrogens is 298 g/mol. The average Bonchev–Trinajstić information content (AvgIpc) is 2.78. The maximum atomic E-state index is 12.4. The van der Waals surface area contributed by atoms with Crippen LogP contribution in [0.4, 0.5) is 5.69 Å². The Morgan fingerprint density at radius 2 is 2.24 bits per heavy atom. The van der Waals surface area contributed by atoms with Gasteiger partial charge in [0.2, 0.25) is 0 Å². The first-order chi connectivity index (χ1) is 9.43. The second-order valence-corrected chi connectivity index (χ2v) is 5.10. The lowest BCUT2D eigenvalue weighted by molar-refractivity contribution is -0.385. The molecule has 7 nitrogen and oxygen atoms in total. The van der Waals surface area contributed by atoms with Crippen molar-refractivity contribution in [3.8, 4) is 5.75 Å². The van der Waals surface area contributed by atoms with E-state index in [9.17, 15) is 20.0 Å². The number of rotatable bonds is 3. The first kappa shape index (κ1) is 17.2. The largest absolute Gasteiger partial charge is 0.502 e. The molecular formula is C13H18ClN3O4. The van der Waals surface area contributed by atoms with E-state index < -0.39 is 16.4 Å². The van der Waals surface area contributed by atoms with Crippen LogP contribution in [-0.2, 0) is 0 Å². The van der Waals surface area contributed by atoms with E-state index in [2.05, 4.69) is 0 Å². The number of hydrogen-bond acceptors (Lipinski definition) is 5. The van der Waals surface area contributed by atoms with Crippen molar-refractivity contribution in [1.29, 1.82) is 0 Å². The molecule has 1 aliphatic heterocycles. The SMILES string of the molecule is CC1CC(CN)CN1C(=O)c1ccc([N+](=O)[O-])c(O)c1.Cl. The molecule has 3 N–H and O–H groups in total. The van der Waals surface area contributed by atoms with Gasteiger partial charge in [0, 0.05) is 24.2 Å². The second-order valence-electron chi connectivity index (χ2n) is 5.10. The molecule has 1 aliphatic rings. The molecule has 21 heavy (non-hydrogen) atoms. The van der Waals surface area contributed by atoms with Crippen LogP contribution in [0.15, 0.2) is 18.2 Å². The summed E-state index contributed by atoms with van der Waals surface area (Å²) in [6.07, 6.45) is 0.848. The number of nitrogens with two attached hydrogens (primary N) is 1. The lowest BCUT2D eigenvalue weighted by Gasteiger charge is -2.21. The molecule has 0 aliphatic carbocycles. The van der Waals surface area contributed by atoms with Crippen LogP contribution in [0.25, 0.3) is 0 Å². The molecule has 0 radical (unpaired) electrons. The number of carbonyl (C=O) groups is 1. The lowest BCUT2D eigenvalue weighted by atomic mass is 10.1. The van der Waals surface area contributed by atoms with E-state index >= 15 is 0 Å². The highest BCUT2D eigenvalue weighted by Crippen LogP contribution is 2.29. The average molecular weight is 316 g/mol. The minimum Gasteiger partial charge on any atom is -0.502 e. The van der Waals surface area contributed by atoms with E-state index in [1.807, 2.05) is 6.92 Å². The molecule has 1 amide bonds. The molecule has 116 valence electrons. The Kier molecular flexibility index (Phi) is 5.51. The van der Waals surface area contributed by atoms with Crippen LogP contribution >= 0.6 is 12.4 Å². The minimum atomic E-state index is -0.688. The fourth-order valence-electron chi connectivity index (χ4n) is 2.57. The normalized spacial score (nSPS) is 21.0. The van der Waals surface area contributed by atoms with Crippen molar-refractivity contribution >= 4 is 24.0 Å². The minimum absolute atomic E-state index is 0. The van der Waals surface area contributed by atoms with Gasteiger partial charge in [0.05, 0.1) is 4.92 Å². The Bertz CT molecular complexity index is 552. The summed E-state index contributed by atoms with van der Waals surface area (Å²) >= 11 is 0. The van der Waals surface area contributed by atoms with Crippen LogP contribution in [0.1, 0.15) is 23.7 Å². The number of nitro benzene ring substituents is 1. The van der Waals surface area contributed by atoms with Gasteiger partial charge in [-0.15, -0.1) is 12.4 Å². The van der Waals surface area contributed by atoms with Gasteiger partial charge in [0.15, 0.2) is 5.75 Å². The Morgan fingerprint density at radius 1 is 1.57 bits per heavy atom. The molecule has 1 saturated heterocycles. The number of benzene rings is 1. The van der Waals surface area contributed by atoms with Crippen molar-refractivity contribution in [1.82, 2.24) is 4.90 Å². The number of likely N-dealkylation sites (tertiary alicyclic amines) is 1. The molecule has 0 aromatic heterocycles. The highest BCUT2D eigenvalue weighted by molar-refractivity contribution is 5.95. The van der Waals surface area contributed by atoms with Gasteiger partial charge >= 0.3 is 5.69 Å². The van der Waals surface area contributed by atoms with Gasteiger partial charge in [-0.05, 0) is 37.9 Å². The zero-order chi connectivity index (χ0) is 14.9. The molecule has 1 aromatic carbocycles. The number of hydrogen-bond donors (Lipinski definition) is 2. The molecule has 2 unspecified atom stereocenters. The topological polar surface area (TPSA) is 110 Å². The summed E-state index contributed by atoms with van der Waals surface area (Å²) in [7, 11) is 0. The molecule has 2 rings (SSSR count). The number of nitrogens with zero attached hydrogens (tertiary/aromatic N) is 2. The number of phenolic OH excluding ortho intramolecular Hbond substituents is 1. The number of aromatic hydroxyl groups is 1. The van der Waals surface area contributed by atoms with Crippen molar-refractivity contribution in [2.24, 2.45) is 11.7 Å². The summed E-state index contributed by atoms with van der Waals surface area (Å²) in [4.78, 5) is 24.0. The molecule has 8 heteroatoms. The molecule has 2 atom stereocenters. The van der Waals surface area contributed by atoms with Crippen LogP contribution < -0.4 is 5.73 Å². The fourth-order valence-corrected chi connectivity index (χ4v) is 2.57. The van der Waals surface area contributed by atoms with Crippen LogP contribution in [0.5, 0.6) is 5.75 Å². The maximum absolute atomic E-state index is 12.4. The van der Waals surface area contributed by atoms with Crippen molar-refractivity contribution in [2.75, 3.05) is 13.1 Å². The van der Waals surface area contributed by atoms with Gasteiger partial charge in [-0.3, -0.25) is 14.9 Å². The molecule has 1 heterocycles. The number of halogens is 1. The van der Waals surface area contributed by atoms with E-state index in [0.29, 0.717) is 13.1 Å². The van der Waals surface area contributed by atoms with E-state index in [1.54, 1.807) is 4.90 Å². The predicted molar refractivity (Wildman–Crippen MR) is 79.7 cm³/mol. The summed E-state index contributed by atoms with van der Waals surface area (Å²) in [6.45, 7) is 3.05.